The number of nitrogens with zero attached hydrogens (tertiary/aromatic N) is 1. The fraction of sp³-hybridized carbons (Fsp3) is 0.200. The van der Waals surface area contributed by atoms with Gasteiger partial charge < -0.3 is 5.32 Å². The maximum absolute atomic E-state index is 12.4. The summed E-state index contributed by atoms with van der Waals surface area (Å²) in [6, 6.07) is 15.6. The van der Waals surface area contributed by atoms with Gasteiger partial charge in [-0.1, -0.05) is 55.8 Å². The summed E-state index contributed by atoms with van der Waals surface area (Å²) < 4.78 is 0. The van der Waals surface area contributed by atoms with Gasteiger partial charge in [-0.3, -0.25) is 4.79 Å². The average Bonchev–Trinajstić information content (AvgIpc) is 3.06. The first-order valence-corrected chi connectivity index (χ1v) is 9.38. The molecule has 0 aliphatic rings. The molecule has 0 radical (unpaired) electrons. The Bertz CT molecular complexity index is 871. The highest BCUT2D eigenvalue weighted by molar-refractivity contribution is 7.09. The predicted molar refractivity (Wildman–Crippen MR) is 105 cm³/mol. The van der Waals surface area contributed by atoms with Crippen molar-refractivity contribution in [1.82, 2.24) is 4.98 Å². The molecule has 1 aromatic heterocycles. The molecule has 0 spiro atoms. The van der Waals surface area contributed by atoms with Crippen molar-refractivity contribution in [3.05, 3.63) is 80.8 Å². The molecule has 3 rings (SSSR count). The minimum atomic E-state index is -0.195. The second-order valence-corrected chi connectivity index (χ2v) is 7.48. The van der Waals surface area contributed by atoms with Crippen molar-refractivity contribution in [2.75, 3.05) is 5.32 Å². The number of thiazole rings is 1. The van der Waals surface area contributed by atoms with Gasteiger partial charge in [0, 0.05) is 22.5 Å². The molecule has 0 aliphatic carbocycles. The number of rotatable bonds is 5. The number of carbonyl (C=O) groups excluding carboxylic acids is 1. The van der Waals surface area contributed by atoms with E-state index < -0.39 is 0 Å². The molecule has 0 atom stereocenters. The minimum absolute atomic E-state index is 0.195. The van der Waals surface area contributed by atoms with Gasteiger partial charge >= 0.3 is 0 Å². The topological polar surface area (TPSA) is 42.0 Å². The van der Waals surface area contributed by atoms with Gasteiger partial charge in [-0.15, -0.1) is 11.3 Å². The molecule has 0 saturated carbocycles. The van der Waals surface area contributed by atoms with Crippen LogP contribution in [0.25, 0.3) is 0 Å². The zero-order valence-corrected chi connectivity index (χ0v) is 15.7. The highest BCUT2D eigenvalue weighted by Crippen LogP contribution is 2.22. The molecule has 0 unspecified atom stereocenters. The first-order chi connectivity index (χ1) is 12.0. The second kappa shape index (κ2) is 7.81. The molecule has 0 aliphatic heterocycles. The van der Waals surface area contributed by atoms with Crippen LogP contribution in [0.5, 0.6) is 0 Å². The monoisotopic (exact) mass is 370 g/mol. The van der Waals surface area contributed by atoms with E-state index in [1.807, 2.05) is 48.5 Å². The third-order valence-electron chi connectivity index (χ3n) is 3.92. The van der Waals surface area contributed by atoms with Crippen LogP contribution in [0.3, 0.4) is 0 Å². The molecule has 2 aromatic carbocycles. The standard InChI is InChI=1S/C20H19ClN2OS/c1-13(2)14-7-9-16(10-8-14)22-20(24)18-12-25-19(23-18)11-15-5-3-4-6-17(15)21/h3-10,12-13H,11H2,1-2H3,(H,22,24). The van der Waals surface area contributed by atoms with Crippen molar-refractivity contribution >= 4 is 34.5 Å². The Morgan fingerprint density at radius 1 is 1.16 bits per heavy atom. The molecule has 128 valence electrons. The summed E-state index contributed by atoms with van der Waals surface area (Å²) in [4.78, 5) is 16.8. The van der Waals surface area contributed by atoms with Gasteiger partial charge in [-0.2, -0.15) is 0 Å². The molecule has 0 saturated heterocycles. The van der Waals surface area contributed by atoms with Crippen LogP contribution < -0.4 is 5.32 Å². The molecular formula is C20H19ClN2OS. The van der Waals surface area contributed by atoms with Crippen LogP contribution in [-0.4, -0.2) is 10.9 Å². The molecule has 0 bridgehead atoms. The summed E-state index contributed by atoms with van der Waals surface area (Å²) in [5.74, 6) is 0.273. The van der Waals surface area contributed by atoms with Crippen molar-refractivity contribution in [3.63, 3.8) is 0 Å². The zero-order chi connectivity index (χ0) is 17.8. The normalized spacial score (nSPS) is 10.9. The lowest BCUT2D eigenvalue weighted by Gasteiger charge is -2.07. The maximum Gasteiger partial charge on any atom is 0.275 e. The molecule has 1 heterocycles. The summed E-state index contributed by atoms with van der Waals surface area (Å²) >= 11 is 7.65. The summed E-state index contributed by atoms with van der Waals surface area (Å²) in [5, 5.41) is 6.26. The first kappa shape index (κ1) is 17.6. The van der Waals surface area contributed by atoms with Crippen molar-refractivity contribution in [3.8, 4) is 0 Å². The average molecular weight is 371 g/mol. The third kappa shape index (κ3) is 4.47. The van der Waals surface area contributed by atoms with Gasteiger partial charge in [0.1, 0.15) is 5.69 Å². The lowest BCUT2D eigenvalue weighted by atomic mass is 10.0. The Balaban J connectivity index is 1.67. The number of benzene rings is 2. The number of aromatic nitrogens is 1. The van der Waals surface area contributed by atoms with Crippen molar-refractivity contribution < 1.29 is 4.79 Å². The third-order valence-corrected chi connectivity index (χ3v) is 5.14. The fourth-order valence-corrected chi connectivity index (χ4v) is 3.45. The molecule has 25 heavy (non-hydrogen) atoms. The smallest absolute Gasteiger partial charge is 0.275 e. The van der Waals surface area contributed by atoms with E-state index in [1.165, 1.54) is 16.9 Å². The van der Waals surface area contributed by atoms with Gasteiger partial charge in [0.25, 0.3) is 5.91 Å². The molecule has 5 heteroatoms. The van der Waals surface area contributed by atoms with Gasteiger partial charge in [0.2, 0.25) is 0 Å². The quantitative estimate of drug-likeness (QED) is 0.620. The van der Waals surface area contributed by atoms with Crippen LogP contribution in [-0.2, 0) is 6.42 Å². The van der Waals surface area contributed by atoms with Gasteiger partial charge in [-0.05, 0) is 35.2 Å². The highest BCUT2D eigenvalue weighted by atomic mass is 35.5. The number of anilines is 1. The second-order valence-electron chi connectivity index (χ2n) is 6.13. The van der Waals surface area contributed by atoms with Gasteiger partial charge in [-0.25, -0.2) is 4.98 Å². The Morgan fingerprint density at radius 2 is 1.88 bits per heavy atom. The van der Waals surface area contributed by atoms with Crippen molar-refractivity contribution in [2.45, 2.75) is 26.2 Å². The van der Waals surface area contributed by atoms with E-state index in [-0.39, 0.29) is 5.91 Å². The number of amides is 1. The molecular weight excluding hydrogens is 352 g/mol. The largest absolute Gasteiger partial charge is 0.321 e. The summed E-state index contributed by atoms with van der Waals surface area (Å²) in [7, 11) is 0. The van der Waals surface area contributed by atoms with Crippen LogP contribution in [0, 0.1) is 0 Å². The van der Waals surface area contributed by atoms with E-state index in [2.05, 4.69) is 24.1 Å². The molecule has 3 nitrogen and oxygen atoms in total. The van der Waals surface area contributed by atoms with E-state index in [4.69, 9.17) is 11.6 Å². The van der Waals surface area contributed by atoms with Crippen LogP contribution in [0.15, 0.2) is 53.9 Å². The van der Waals surface area contributed by atoms with E-state index >= 15 is 0 Å². The number of halogens is 1. The van der Waals surface area contributed by atoms with Crippen LogP contribution >= 0.6 is 22.9 Å². The lowest BCUT2D eigenvalue weighted by Crippen LogP contribution is -2.12. The zero-order valence-electron chi connectivity index (χ0n) is 14.1. The van der Waals surface area contributed by atoms with Crippen molar-refractivity contribution in [1.29, 1.82) is 0 Å². The maximum atomic E-state index is 12.4. The number of nitrogens with one attached hydrogen (secondary N) is 1. The van der Waals surface area contributed by atoms with Gasteiger partial charge in [0.05, 0.1) is 5.01 Å². The van der Waals surface area contributed by atoms with Crippen LogP contribution in [0.4, 0.5) is 5.69 Å². The predicted octanol–water partition coefficient (Wildman–Crippen LogP) is 5.76. The molecule has 3 aromatic rings. The summed E-state index contributed by atoms with van der Waals surface area (Å²) in [6.45, 7) is 4.28. The SMILES string of the molecule is CC(C)c1ccc(NC(=O)c2csc(Cc3ccccc3Cl)n2)cc1. The summed E-state index contributed by atoms with van der Waals surface area (Å²) in [5.41, 5.74) is 3.46. The highest BCUT2D eigenvalue weighted by Gasteiger charge is 2.12. The van der Waals surface area contributed by atoms with Crippen molar-refractivity contribution in [2.24, 2.45) is 0 Å². The molecule has 1 N–H and O–H groups in total. The lowest BCUT2D eigenvalue weighted by molar-refractivity contribution is 0.102. The number of hydrogen-bond donors (Lipinski definition) is 1. The van der Waals surface area contributed by atoms with E-state index in [1.54, 1.807) is 5.38 Å². The Hall–Kier alpha value is -2.17. The molecule has 1 amide bonds. The Kier molecular flexibility index (Phi) is 5.51. The fourth-order valence-electron chi connectivity index (χ4n) is 2.45. The Labute approximate surface area is 156 Å². The number of hydrogen-bond acceptors (Lipinski definition) is 3. The van der Waals surface area contributed by atoms with E-state index in [9.17, 15) is 4.79 Å². The van der Waals surface area contributed by atoms with Crippen LogP contribution in [0.1, 0.15) is 46.4 Å². The van der Waals surface area contributed by atoms with E-state index in [0.29, 0.717) is 23.1 Å². The number of carbonyl (C=O) groups is 1. The van der Waals surface area contributed by atoms with Crippen LogP contribution in [0.2, 0.25) is 5.02 Å². The summed E-state index contributed by atoms with van der Waals surface area (Å²) in [6.07, 6.45) is 0.626. The molecule has 0 fully saturated rings. The minimum Gasteiger partial charge on any atom is -0.321 e. The first-order valence-electron chi connectivity index (χ1n) is 8.12. The van der Waals surface area contributed by atoms with E-state index in [0.717, 1.165) is 16.3 Å². The van der Waals surface area contributed by atoms with Gasteiger partial charge in [0.15, 0.2) is 0 Å². The Morgan fingerprint density at radius 3 is 2.56 bits per heavy atom.